The largest absolute Gasteiger partial charge is 0.0651 e. The molecule has 0 bridgehead atoms. The molecule has 0 amide bonds. The standard InChI is InChI=1S/C12H24/c1-5-9(2)10(3)6-7-12-8-11(12)4/h9-12H,5-8H2,1-4H3. The highest BCUT2D eigenvalue weighted by Crippen LogP contribution is 2.42. The van der Waals surface area contributed by atoms with Gasteiger partial charge in [-0.1, -0.05) is 40.5 Å². The lowest BCUT2D eigenvalue weighted by Crippen LogP contribution is -2.06. The van der Waals surface area contributed by atoms with Crippen LogP contribution in [-0.2, 0) is 0 Å². The molecule has 72 valence electrons. The zero-order valence-corrected chi connectivity index (χ0v) is 9.14. The molecule has 12 heavy (non-hydrogen) atoms. The van der Waals surface area contributed by atoms with Crippen LogP contribution in [-0.4, -0.2) is 0 Å². The molecule has 1 aliphatic carbocycles. The second-order valence-electron chi connectivity index (χ2n) is 4.91. The molecule has 0 aromatic heterocycles. The average molecular weight is 168 g/mol. The molecule has 0 spiro atoms. The molecular weight excluding hydrogens is 144 g/mol. The Morgan fingerprint density at radius 3 is 2.25 bits per heavy atom. The summed E-state index contributed by atoms with van der Waals surface area (Å²) in [6, 6.07) is 0. The molecule has 4 unspecified atom stereocenters. The highest BCUT2D eigenvalue weighted by Gasteiger charge is 2.32. The van der Waals surface area contributed by atoms with Crippen LogP contribution in [0.3, 0.4) is 0 Å². The molecule has 0 nitrogen and oxygen atoms in total. The smallest absolute Gasteiger partial charge is 0.0386 e. The summed E-state index contributed by atoms with van der Waals surface area (Å²) < 4.78 is 0. The third-order valence-electron chi connectivity index (χ3n) is 3.88. The molecular formula is C12H24. The summed E-state index contributed by atoms with van der Waals surface area (Å²) in [4.78, 5) is 0. The number of hydrogen-bond donors (Lipinski definition) is 0. The van der Waals surface area contributed by atoms with Gasteiger partial charge in [0.05, 0.1) is 0 Å². The van der Waals surface area contributed by atoms with E-state index < -0.39 is 0 Å². The fraction of sp³-hybridized carbons (Fsp3) is 1.00. The van der Waals surface area contributed by atoms with Crippen molar-refractivity contribution in [2.45, 2.75) is 53.4 Å². The van der Waals surface area contributed by atoms with E-state index in [1.54, 1.807) is 0 Å². The van der Waals surface area contributed by atoms with Gasteiger partial charge in [-0.05, 0) is 36.5 Å². The van der Waals surface area contributed by atoms with E-state index in [2.05, 4.69) is 27.7 Å². The molecule has 0 aromatic rings. The first kappa shape index (κ1) is 10.1. The maximum atomic E-state index is 2.42. The van der Waals surface area contributed by atoms with Crippen molar-refractivity contribution in [3.05, 3.63) is 0 Å². The SMILES string of the molecule is CCC(C)C(C)CCC1CC1C. The quantitative estimate of drug-likeness (QED) is 0.579. The zero-order valence-electron chi connectivity index (χ0n) is 9.14. The Labute approximate surface area is 77.7 Å². The fourth-order valence-electron chi connectivity index (χ4n) is 1.97. The van der Waals surface area contributed by atoms with Crippen molar-refractivity contribution in [1.82, 2.24) is 0 Å². The lowest BCUT2D eigenvalue weighted by Gasteiger charge is -2.17. The van der Waals surface area contributed by atoms with Gasteiger partial charge in [-0.15, -0.1) is 0 Å². The van der Waals surface area contributed by atoms with Crippen molar-refractivity contribution in [2.24, 2.45) is 23.7 Å². The van der Waals surface area contributed by atoms with Crippen LogP contribution >= 0.6 is 0 Å². The highest BCUT2D eigenvalue weighted by atomic mass is 14.4. The summed E-state index contributed by atoms with van der Waals surface area (Å²) in [7, 11) is 0. The van der Waals surface area contributed by atoms with E-state index in [0.29, 0.717) is 0 Å². The highest BCUT2D eigenvalue weighted by molar-refractivity contribution is 4.82. The molecule has 4 atom stereocenters. The minimum Gasteiger partial charge on any atom is -0.0651 e. The van der Waals surface area contributed by atoms with Crippen LogP contribution in [0.4, 0.5) is 0 Å². The van der Waals surface area contributed by atoms with E-state index in [-0.39, 0.29) is 0 Å². The molecule has 1 fully saturated rings. The first-order valence-corrected chi connectivity index (χ1v) is 5.65. The third-order valence-corrected chi connectivity index (χ3v) is 3.88. The first-order valence-electron chi connectivity index (χ1n) is 5.65. The molecule has 0 heterocycles. The Hall–Kier alpha value is 0. The minimum absolute atomic E-state index is 0.930. The zero-order chi connectivity index (χ0) is 9.14. The Balaban J connectivity index is 2.05. The van der Waals surface area contributed by atoms with Gasteiger partial charge < -0.3 is 0 Å². The molecule has 0 N–H and O–H groups in total. The first-order chi connectivity index (χ1) is 5.65. The van der Waals surface area contributed by atoms with Gasteiger partial charge in [0.25, 0.3) is 0 Å². The summed E-state index contributed by atoms with van der Waals surface area (Å²) in [6.07, 6.45) is 5.81. The van der Waals surface area contributed by atoms with E-state index in [4.69, 9.17) is 0 Å². The predicted molar refractivity (Wildman–Crippen MR) is 55.1 cm³/mol. The van der Waals surface area contributed by atoms with Crippen molar-refractivity contribution in [3.8, 4) is 0 Å². The maximum Gasteiger partial charge on any atom is -0.0386 e. The summed E-state index contributed by atoms with van der Waals surface area (Å²) in [6.45, 7) is 9.50. The monoisotopic (exact) mass is 168 g/mol. The van der Waals surface area contributed by atoms with Crippen molar-refractivity contribution in [1.29, 1.82) is 0 Å². The molecule has 1 rings (SSSR count). The molecule has 0 radical (unpaired) electrons. The number of rotatable bonds is 5. The van der Waals surface area contributed by atoms with Crippen LogP contribution in [0.5, 0.6) is 0 Å². The van der Waals surface area contributed by atoms with E-state index in [1.807, 2.05) is 0 Å². The molecule has 0 heteroatoms. The average Bonchev–Trinajstić information content (AvgIpc) is 2.76. The number of hydrogen-bond acceptors (Lipinski definition) is 0. The van der Waals surface area contributed by atoms with Gasteiger partial charge in [0.15, 0.2) is 0 Å². The summed E-state index contributed by atoms with van der Waals surface area (Å²) in [5, 5.41) is 0. The second kappa shape index (κ2) is 4.30. The summed E-state index contributed by atoms with van der Waals surface area (Å²) in [5.41, 5.74) is 0. The van der Waals surface area contributed by atoms with Crippen LogP contribution in [0, 0.1) is 23.7 Å². The van der Waals surface area contributed by atoms with Gasteiger partial charge in [0.2, 0.25) is 0 Å². The van der Waals surface area contributed by atoms with Crippen LogP contribution in [0.1, 0.15) is 53.4 Å². The maximum absolute atomic E-state index is 2.42. The van der Waals surface area contributed by atoms with E-state index in [0.717, 1.165) is 23.7 Å². The van der Waals surface area contributed by atoms with Gasteiger partial charge in [-0.2, -0.15) is 0 Å². The molecule has 0 saturated heterocycles. The second-order valence-corrected chi connectivity index (χ2v) is 4.91. The van der Waals surface area contributed by atoms with Crippen molar-refractivity contribution >= 4 is 0 Å². The van der Waals surface area contributed by atoms with Gasteiger partial charge in [0.1, 0.15) is 0 Å². The summed E-state index contributed by atoms with van der Waals surface area (Å²) >= 11 is 0. The normalized spacial score (nSPS) is 33.0. The Morgan fingerprint density at radius 2 is 1.83 bits per heavy atom. The van der Waals surface area contributed by atoms with Crippen LogP contribution < -0.4 is 0 Å². The minimum atomic E-state index is 0.930. The van der Waals surface area contributed by atoms with Gasteiger partial charge in [-0.25, -0.2) is 0 Å². The Morgan fingerprint density at radius 1 is 1.25 bits per heavy atom. The van der Waals surface area contributed by atoms with Crippen molar-refractivity contribution < 1.29 is 0 Å². The third kappa shape index (κ3) is 2.80. The lowest BCUT2D eigenvalue weighted by molar-refractivity contribution is 0.338. The van der Waals surface area contributed by atoms with E-state index in [1.165, 1.54) is 25.7 Å². The van der Waals surface area contributed by atoms with E-state index in [9.17, 15) is 0 Å². The molecule has 0 aliphatic heterocycles. The lowest BCUT2D eigenvalue weighted by atomic mass is 9.89. The van der Waals surface area contributed by atoms with Crippen LogP contribution in [0.15, 0.2) is 0 Å². The summed E-state index contributed by atoms with van der Waals surface area (Å²) in [5.74, 6) is 4.02. The van der Waals surface area contributed by atoms with Gasteiger partial charge in [-0.3, -0.25) is 0 Å². The molecule has 1 aliphatic rings. The van der Waals surface area contributed by atoms with Crippen LogP contribution in [0.25, 0.3) is 0 Å². The van der Waals surface area contributed by atoms with Crippen molar-refractivity contribution in [3.63, 3.8) is 0 Å². The Bertz CT molecular complexity index is 128. The van der Waals surface area contributed by atoms with Crippen LogP contribution in [0.2, 0.25) is 0 Å². The fourth-order valence-corrected chi connectivity index (χ4v) is 1.97. The molecule has 1 saturated carbocycles. The Kier molecular flexibility index (Phi) is 3.61. The van der Waals surface area contributed by atoms with E-state index >= 15 is 0 Å². The van der Waals surface area contributed by atoms with Gasteiger partial charge >= 0.3 is 0 Å². The predicted octanol–water partition coefficient (Wildman–Crippen LogP) is 4.10. The molecule has 0 aromatic carbocycles. The van der Waals surface area contributed by atoms with Crippen molar-refractivity contribution in [2.75, 3.05) is 0 Å². The topological polar surface area (TPSA) is 0 Å². The van der Waals surface area contributed by atoms with Gasteiger partial charge in [0, 0.05) is 0 Å².